The third-order valence-electron chi connectivity index (χ3n) is 2.87. The highest BCUT2D eigenvalue weighted by atomic mass is 19.1. The lowest BCUT2D eigenvalue weighted by Crippen LogP contribution is -2.45. The van der Waals surface area contributed by atoms with Gasteiger partial charge in [0, 0.05) is 18.7 Å². The van der Waals surface area contributed by atoms with Gasteiger partial charge >= 0.3 is 0 Å². The predicted octanol–water partition coefficient (Wildman–Crippen LogP) is 0.680. The Morgan fingerprint density at radius 3 is 3.00 bits per heavy atom. The highest BCUT2D eigenvalue weighted by Crippen LogP contribution is 2.19. The van der Waals surface area contributed by atoms with Crippen LogP contribution in [0.15, 0.2) is 18.2 Å². The van der Waals surface area contributed by atoms with Crippen LogP contribution in [0.4, 0.5) is 4.39 Å². The fourth-order valence-corrected chi connectivity index (χ4v) is 1.92. The lowest BCUT2D eigenvalue weighted by molar-refractivity contribution is -0.0474. The SMILES string of the molecule is CC1CNCC(COc2ccc(C(N)=O)cc2F)O1. The molecule has 5 nitrogen and oxygen atoms in total. The van der Waals surface area contributed by atoms with Crippen molar-refractivity contribution in [1.82, 2.24) is 5.32 Å². The number of nitrogens with two attached hydrogens (primary N) is 1. The van der Waals surface area contributed by atoms with Gasteiger partial charge in [0.1, 0.15) is 12.7 Å². The Bertz CT molecular complexity index is 467. The number of amides is 1. The maximum absolute atomic E-state index is 13.7. The molecule has 6 heteroatoms. The third-order valence-corrected chi connectivity index (χ3v) is 2.87. The smallest absolute Gasteiger partial charge is 0.248 e. The number of hydrogen-bond acceptors (Lipinski definition) is 4. The summed E-state index contributed by atoms with van der Waals surface area (Å²) in [6.45, 7) is 3.69. The molecule has 2 rings (SSSR count). The zero-order valence-corrected chi connectivity index (χ0v) is 10.7. The molecule has 0 saturated carbocycles. The van der Waals surface area contributed by atoms with Gasteiger partial charge < -0.3 is 20.5 Å². The molecule has 1 aliphatic rings. The van der Waals surface area contributed by atoms with Gasteiger partial charge in [0.2, 0.25) is 5.91 Å². The maximum Gasteiger partial charge on any atom is 0.248 e. The summed E-state index contributed by atoms with van der Waals surface area (Å²) in [5, 5.41) is 3.20. The fourth-order valence-electron chi connectivity index (χ4n) is 1.92. The van der Waals surface area contributed by atoms with E-state index in [1.165, 1.54) is 12.1 Å². The molecule has 1 fully saturated rings. The van der Waals surface area contributed by atoms with E-state index in [9.17, 15) is 9.18 Å². The molecule has 0 bridgehead atoms. The molecule has 1 heterocycles. The number of carbonyl (C=O) groups is 1. The number of rotatable bonds is 4. The first kappa shape index (κ1) is 13.8. The zero-order chi connectivity index (χ0) is 13.8. The first-order chi connectivity index (χ1) is 9.06. The number of morpholine rings is 1. The highest BCUT2D eigenvalue weighted by molar-refractivity contribution is 5.92. The topological polar surface area (TPSA) is 73.6 Å². The summed E-state index contributed by atoms with van der Waals surface area (Å²) in [4.78, 5) is 10.9. The maximum atomic E-state index is 13.7. The Balaban J connectivity index is 1.94. The third kappa shape index (κ3) is 3.65. The second kappa shape index (κ2) is 5.99. The Morgan fingerprint density at radius 1 is 1.58 bits per heavy atom. The summed E-state index contributed by atoms with van der Waals surface area (Å²) < 4.78 is 24.6. The summed E-state index contributed by atoms with van der Waals surface area (Å²) in [5.41, 5.74) is 5.18. The van der Waals surface area contributed by atoms with Gasteiger partial charge in [-0.05, 0) is 25.1 Å². The average molecular weight is 268 g/mol. The first-order valence-corrected chi connectivity index (χ1v) is 6.14. The number of carbonyl (C=O) groups excluding carboxylic acids is 1. The fraction of sp³-hybridized carbons (Fsp3) is 0.462. The molecule has 2 atom stereocenters. The van der Waals surface area contributed by atoms with Crippen LogP contribution in [0.2, 0.25) is 0 Å². The van der Waals surface area contributed by atoms with Gasteiger partial charge in [-0.25, -0.2) is 4.39 Å². The average Bonchev–Trinajstić information content (AvgIpc) is 2.37. The number of primary amides is 1. The minimum Gasteiger partial charge on any atom is -0.488 e. The van der Waals surface area contributed by atoms with Crippen molar-refractivity contribution in [3.63, 3.8) is 0 Å². The van der Waals surface area contributed by atoms with E-state index < -0.39 is 11.7 Å². The summed E-state index contributed by atoms with van der Waals surface area (Å²) in [6.07, 6.45) is 0.00315. The summed E-state index contributed by atoms with van der Waals surface area (Å²) in [5.74, 6) is -1.18. The molecule has 0 aromatic heterocycles. The zero-order valence-electron chi connectivity index (χ0n) is 10.7. The molecule has 19 heavy (non-hydrogen) atoms. The van der Waals surface area contributed by atoms with Gasteiger partial charge in [-0.15, -0.1) is 0 Å². The molecule has 0 aliphatic carbocycles. The number of nitrogens with one attached hydrogen (secondary N) is 1. The molecule has 1 amide bonds. The van der Waals surface area contributed by atoms with Crippen LogP contribution in [0.25, 0.3) is 0 Å². The van der Waals surface area contributed by atoms with Crippen LogP contribution in [-0.4, -0.2) is 37.8 Å². The lowest BCUT2D eigenvalue weighted by atomic mass is 10.2. The highest BCUT2D eigenvalue weighted by Gasteiger charge is 2.19. The number of benzene rings is 1. The standard InChI is InChI=1S/C13H17FN2O3/c1-8-5-16-6-10(19-8)7-18-12-3-2-9(13(15)17)4-11(12)14/h2-4,8,10,16H,5-7H2,1H3,(H2,15,17). The molecule has 2 unspecified atom stereocenters. The first-order valence-electron chi connectivity index (χ1n) is 6.14. The van der Waals surface area contributed by atoms with Crippen molar-refractivity contribution in [1.29, 1.82) is 0 Å². The van der Waals surface area contributed by atoms with E-state index in [-0.39, 0.29) is 30.1 Å². The Labute approximate surface area is 110 Å². The molecule has 0 spiro atoms. The Morgan fingerprint density at radius 2 is 2.37 bits per heavy atom. The number of ether oxygens (including phenoxy) is 2. The van der Waals surface area contributed by atoms with Crippen LogP contribution in [-0.2, 0) is 4.74 Å². The molecule has 1 aliphatic heterocycles. The number of halogens is 1. The van der Waals surface area contributed by atoms with Crippen molar-refractivity contribution in [2.24, 2.45) is 5.73 Å². The van der Waals surface area contributed by atoms with Crippen molar-refractivity contribution in [3.8, 4) is 5.75 Å². The molecular formula is C13H17FN2O3. The second-order valence-electron chi connectivity index (χ2n) is 4.55. The van der Waals surface area contributed by atoms with E-state index in [0.29, 0.717) is 6.54 Å². The second-order valence-corrected chi connectivity index (χ2v) is 4.55. The molecule has 1 saturated heterocycles. The molecule has 1 aromatic rings. The van der Waals surface area contributed by atoms with Gasteiger partial charge in [0.05, 0.1) is 6.10 Å². The van der Waals surface area contributed by atoms with Crippen LogP contribution < -0.4 is 15.8 Å². The van der Waals surface area contributed by atoms with E-state index in [2.05, 4.69) is 5.32 Å². The van der Waals surface area contributed by atoms with Gasteiger partial charge in [0.15, 0.2) is 11.6 Å². The summed E-state index contributed by atoms with van der Waals surface area (Å²) in [6, 6.07) is 3.90. The van der Waals surface area contributed by atoms with E-state index in [1.54, 1.807) is 0 Å². The van der Waals surface area contributed by atoms with Gasteiger partial charge in [0.25, 0.3) is 0 Å². The van der Waals surface area contributed by atoms with Crippen molar-refractivity contribution < 1.29 is 18.7 Å². The van der Waals surface area contributed by atoms with Crippen LogP contribution >= 0.6 is 0 Å². The van der Waals surface area contributed by atoms with Crippen LogP contribution in [0, 0.1) is 5.82 Å². The van der Waals surface area contributed by atoms with E-state index in [0.717, 1.165) is 12.6 Å². The van der Waals surface area contributed by atoms with E-state index in [4.69, 9.17) is 15.2 Å². The minimum atomic E-state index is -0.668. The summed E-state index contributed by atoms with van der Waals surface area (Å²) >= 11 is 0. The molecule has 0 radical (unpaired) electrons. The molecule has 104 valence electrons. The van der Waals surface area contributed by atoms with Crippen LogP contribution in [0.3, 0.4) is 0 Å². The summed E-state index contributed by atoms with van der Waals surface area (Å²) in [7, 11) is 0. The Hall–Kier alpha value is -1.66. The predicted molar refractivity (Wildman–Crippen MR) is 67.6 cm³/mol. The molecule has 3 N–H and O–H groups in total. The van der Waals surface area contributed by atoms with Crippen molar-refractivity contribution in [2.75, 3.05) is 19.7 Å². The normalized spacial score (nSPS) is 23.1. The van der Waals surface area contributed by atoms with Crippen molar-refractivity contribution >= 4 is 5.91 Å². The quantitative estimate of drug-likeness (QED) is 0.842. The molecular weight excluding hydrogens is 251 g/mol. The van der Waals surface area contributed by atoms with E-state index >= 15 is 0 Å². The van der Waals surface area contributed by atoms with E-state index in [1.807, 2.05) is 6.92 Å². The largest absolute Gasteiger partial charge is 0.488 e. The van der Waals surface area contributed by atoms with Gasteiger partial charge in [-0.2, -0.15) is 0 Å². The van der Waals surface area contributed by atoms with Crippen molar-refractivity contribution in [3.05, 3.63) is 29.6 Å². The van der Waals surface area contributed by atoms with Gasteiger partial charge in [-0.1, -0.05) is 0 Å². The minimum absolute atomic E-state index is 0.0897. The van der Waals surface area contributed by atoms with Crippen LogP contribution in [0.5, 0.6) is 5.75 Å². The van der Waals surface area contributed by atoms with Gasteiger partial charge in [-0.3, -0.25) is 4.79 Å². The monoisotopic (exact) mass is 268 g/mol. The van der Waals surface area contributed by atoms with Crippen LogP contribution in [0.1, 0.15) is 17.3 Å². The number of hydrogen-bond donors (Lipinski definition) is 2. The Kier molecular flexibility index (Phi) is 4.34. The molecule has 1 aromatic carbocycles. The lowest BCUT2D eigenvalue weighted by Gasteiger charge is -2.28. The van der Waals surface area contributed by atoms with Crippen molar-refractivity contribution in [2.45, 2.75) is 19.1 Å².